The normalized spacial score (nSPS) is 22.4. The maximum Gasteiger partial charge on any atom is 0.241 e. The Bertz CT molecular complexity index is 393. The molecule has 0 aromatic rings. The quantitative estimate of drug-likeness (QED) is 0.707. The highest BCUT2D eigenvalue weighted by Crippen LogP contribution is 2.23. The molecule has 1 saturated heterocycles. The van der Waals surface area contributed by atoms with Crippen molar-refractivity contribution >= 4 is 27.3 Å². The van der Waals surface area contributed by atoms with E-state index in [1.54, 1.807) is 4.90 Å². The molecule has 1 heterocycles. The predicted molar refractivity (Wildman–Crippen MR) is 78.2 cm³/mol. The highest BCUT2D eigenvalue weighted by atomic mass is 35.5. The molecule has 0 bridgehead atoms. The Hall–Kier alpha value is -0.290. The van der Waals surface area contributed by atoms with Gasteiger partial charge in [-0.15, -0.1) is 11.6 Å². The first kappa shape index (κ1) is 16.8. The summed E-state index contributed by atoms with van der Waals surface area (Å²) in [7, 11) is -3.27. The first-order valence-corrected chi connectivity index (χ1v) is 9.30. The molecule has 0 radical (unpaired) electrons. The summed E-state index contributed by atoms with van der Waals surface area (Å²) in [5.74, 6) is 0.241. The monoisotopic (exact) mass is 309 g/mol. The van der Waals surface area contributed by atoms with Crippen molar-refractivity contribution in [1.82, 2.24) is 4.90 Å². The number of nitrogens with zero attached hydrogens (tertiary/aromatic N) is 1. The Kier molecular flexibility index (Phi) is 6.60. The first-order valence-electron chi connectivity index (χ1n) is 7.05. The fourth-order valence-electron chi connectivity index (χ4n) is 2.71. The first-order chi connectivity index (χ1) is 8.97. The summed E-state index contributed by atoms with van der Waals surface area (Å²) in [5, 5.41) is -0.843. The predicted octanol–water partition coefficient (Wildman–Crippen LogP) is 2.21. The van der Waals surface area contributed by atoms with Crippen LogP contribution >= 0.6 is 11.6 Å². The maximum atomic E-state index is 12.6. The Morgan fingerprint density at radius 3 is 2.42 bits per heavy atom. The molecule has 6 heteroatoms. The summed E-state index contributed by atoms with van der Waals surface area (Å²) < 4.78 is 24.1. The average Bonchev–Trinajstić information content (AvgIpc) is 2.38. The van der Waals surface area contributed by atoms with E-state index in [4.69, 9.17) is 11.6 Å². The molecular formula is C13H24ClNO3S. The lowest BCUT2D eigenvalue weighted by Gasteiger charge is -2.34. The van der Waals surface area contributed by atoms with Crippen LogP contribution in [-0.2, 0) is 14.6 Å². The number of hydrogen-bond acceptors (Lipinski definition) is 3. The summed E-state index contributed by atoms with van der Waals surface area (Å²) in [5.41, 5.74) is 0. The molecule has 0 aromatic heterocycles. The van der Waals surface area contributed by atoms with Crippen LogP contribution in [0.15, 0.2) is 0 Å². The van der Waals surface area contributed by atoms with Crippen LogP contribution in [0.4, 0.5) is 0 Å². The molecular weight excluding hydrogens is 286 g/mol. The minimum absolute atomic E-state index is 0.0865. The third-order valence-corrected chi connectivity index (χ3v) is 6.18. The molecule has 1 atom stereocenters. The van der Waals surface area contributed by atoms with Crippen LogP contribution in [0.5, 0.6) is 0 Å². The van der Waals surface area contributed by atoms with Crippen molar-refractivity contribution in [3.05, 3.63) is 0 Å². The van der Waals surface area contributed by atoms with Crippen LogP contribution in [0.25, 0.3) is 0 Å². The van der Waals surface area contributed by atoms with Gasteiger partial charge in [0.05, 0.1) is 5.75 Å². The Labute approximate surface area is 121 Å². The number of amides is 1. The molecule has 0 spiro atoms. The van der Waals surface area contributed by atoms with Gasteiger partial charge in [-0.1, -0.05) is 20.3 Å². The lowest BCUT2D eigenvalue weighted by molar-refractivity contribution is -0.133. The molecule has 19 heavy (non-hydrogen) atoms. The highest BCUT2D eigenvalue weighted by molar-refractivity contribution is 7.92. The van der Waals surface area contributed by atoms with Crippen LogP contribution in [0, 0.1) is 0 Å². The zero-order valence-electron chi connectivity index (χ0n) is 11.8. The second-order valence-electron chi connectivity index (χ2n) is 5.04. The standard InChI is InChI=1S/C13H24ClNO3S/c1-3-11(4-2)15(9-8-14)13(16)12-7-5-6-10-19(12,17)18/h11-12H,3-10H2,1-2H3. The van der Waals surface area contributed by atoms with Crippen LogP contribution in [0.3, 0.4) is 0 Å². The summed E-state index contributed by atoms with van der Waals surface area (Å²) in [6.45, 7) is 4.45. The number of carbonyl (C=O) groups is 1. The van der Waals surface area contributed by atoms with Gasteiger partial charge >= 0.3 is 0 Å². The van der Waals surface area contributed by atoms with E-state index in [0.29, 0.717) is 25.3 Å². The molecule has 1 aliphatic heterocycles. The number of rotatable bonds is 6. The Morgan fingerprint density at radius 2 is 1.95 bits per heavy atom. The molecule has 4 nitrogen and oxygen atoms in total. The van der Waals surface area contributed by atoms with Gasteiger partial charge in [0.1, 0.15) is 5.25 Å². The van der Waals surface area contributed by atoms with Gasteiger partial charge in [0.2, 0.25) is 5.91 Å². The van der Waals surface area contributed by atoms with Crippen molar-refractivity contribution in [3.8, 4) is 0 Å². The fraction of sp³-hybridized carbons (Fsp3) is 0.923. The van der Waals surface area contributed by atoms with Crippen molar-refractivity contribution < 1.29 is 13.2 Å². The number of sulfone groups is 1. The molecule has 0 aliphatic carbocycles. The van der Waals surface area contributed by atoms with Crippen molar-refractivity contribution in [2.24, 2.45) is 0 Å². The third-order valence-electron chi connectivity index (χ3n) is 3.85. The largest absolute Gasteiger partial charge is 0.337 e. The molecule has 0 saturated carbocycles. The molecule has 0 aromatic carbocycles. The van der Waals surface area contributed by atoms with E-state index in [2.05, 4.69) is 0 Å². The van der Waals surface area contributed by atoms with Crippen molar-refractivity contribution in [3.63, 3.8) is 0 Å². The van der Waals surface area contributed by atoms with Gasteiger partial charge < -0.3 is 4.90 Å². The van der Waals surface area contributed by atoms with Crippen LogP contribution in [0.2, 0.25) is 0 Å². The highest BCUT2D eigenvalue weighted by Gasteiger charge is 2.38. The molecule has 1 amide bonds. The van der Waals surface area contributed by atoms with Gasteiger partial charge in [-0.3, -0.25) is 4.79 Å². The maximum absolute atomic E-state index is 12.6. The zero-order valence-corrected chi connectivity index (χ0v) is 13.3. The van der Waals surface area contributed by atoms with Gasteiger partial charge in [0.15, 0.2) is 9.84 Å². The Balaban J connectivity index is 2.92. The van der Waals surface area contributed by atoms with Crippen LogP contribution in [0.1, 0.15) is 46.0 Å². The number of halogens is 1. The number of carbonyl (C=O) groups excluding carboxylic acids is 1. The molecule has 1 aliphatic rings. The van der Waals surface area contributed by atoms with E-state index >= 15 is 0 Å². The van der Waals surface area contributed by atoms with Crippen molar-refractivity contribution in [2.45, 2.75) is 57.2 Å². The topological polar surface area (TPSA) is 54.5 Å². The summed E-state index contributed by atoms with van der Waals surface area (Å²) in [6.07, 6.45) is 3.60. The van der Waals surface area contributed by atoms with E-state index in [-0.39, 0.29) is 17.7 Å². The summed E-state index contributed by atoms with van der Waals surface area (Å²) in [6, 6.07) is 0.0865. The van der Waals surface area contributed by atoms with Crippen molar-refractivity contribution in [2.75, 3.05) is 18.2 Å². The van der Waals surface area contributed by atoms with Crippen LogP contribution < -0.4 is 0 Å². The lowest BCUT2D eigenvalue weighted by Crippen LogP contribution is -2.50. The molecule has 112 valence electrons. The fourth-order valence-corrected chi connectivity index (χ4v) is 4.75. The molecule has 1 fully saturated rings. The minimum atomic E-state index is -3.27. The van der Waals surface area contributed by atoms with E-state index in [9.17, 15) is 13.2 Å². The molecule has 0 N–H and O–H groups in total. The minimum Gasteiger partial charge on any atom is -0.337 e. The lowest BCUT2D eigenvalue weighted by atomic mass is 10.1. The average molecular weight is 310 g/mol. The van der Waals surface area contributed by atoms with E-state index in [0.717, 1.165) is 19.3 Å². The van der Waals surface area contributed by atoms with Gasteiger partial charge in [-0.05, 0) is 25.7 Å². The smallest absolute Gasteiger partial charge is 0.241 e. The zero-order chi connectivity index (χ0) is 14.5. The van der Waals surface area contributed by atoms with Gasteiger partial charge in [-0.2, -0.15) is 0 Å². The molecule has 1 unspecified atom stereocenters. The number of alkyl halides is 1. The van der Waals surface area contributed by atoms with Gasteiger partial charge in [0, 0.05) is 18.5 Å². The summed E-state index contributed by atoms with van der Waals surface area (Å²) in [4.78, 5) is 14.2. The van der Waals surface area contributed by atoms with Gasteiger partial charge in [0.25, 0.3) is 0 Å². The third kappa shape index (κ3) is 4.09. The van der Waals surface area contributed by atoms with E-state index in [1.807, 2.05) is 13.8 Å². The number of hydrogen-bond donors (Lipinski definition) is 0. The summed E-state index contributed by atoms with van der Waals surface area (Å²) >= 11 is 5.77. The van der Waals surface area contributed by atoms with Gasteiger partial charge in [-0.25, -0.2) is 8.42 Å². The SMILES string of the molecule is CCC(CC)N(CCCl)C(=O)C1CCCCS1(=O)=O. The van der Waals surface area contributed by atoms with Crippen LogP contribution in [-0.4, -0.2) is 48.7 Å². The second kappa shape index (κ2) is 7.48. The Morgan fingerprint density at radius 1 is 1.32 bits per heavy atom. The molecule has 1 rings (SSSR count). The van der Waals surface area contributed by atoms with Crippen molar-refractivity contribution in [1.29, 1.82) is 0 Å². The van der Waals surface area contributed by atoms with E-state index < -0.39 is 15.1 Å². The van der Waals surface area contributed by atoms with E-state index in [1.165, 1.54) is 0 Å². The second-order valence-corrected chi connectivity index (χ2v) is 7.72.